The third-order valence-corrected chi connectivity index (χ3v) is 7.55. The summed E-state index contributed by atoms with van der Waals surface area (Å²) >= 11 is 1.70. The zero-order valence-electron chi connectivity index (χ0n) is 21.0. The van der Waals surface area contributed by atoms with Crippen LogP contribution >= 0.6 is 11.3 Å². The standard InChI is InChI=1S/C30H37NOS/c1-20(2)12-9-13-21(3)14-10-15-22(4)16-11-17-25-29(32)24(6)23(5)28-30(25)33-27-19-8-7-18-26(27)31-28/h7-8,12,14,16,18-19H,9-11,13,15,17H2,1-6H3. The van der Waals surface area contributed by atoms with E-state index in [-0.39, 0.29) is 5.43 Å². The summed E-state index contributed by atoms with van der Waals surface area (Å²) in [6.45, 7) is 12.7. The zero-order valence-corrected chi connectivity index (χ0v) is 21.9. The van der Waals surface area contributed by atoms with Gasteiger partial charge < -0.3 is 0 Å². The number of para-hydroxylation sites is 1. The maximum atomic E-state index is 13.1. The van der Waals surface area contributed by atoms with E-state index in [2.05, 4.69) is 58.1 Å². The minimum Gasteiger partial charge on any atom is -0.289 e. The van der Waals surface area contributed by atoms with Crippen LogP contribution in [0.25, 0.3) is 20.8 Å². The Labute approximate surface area is 203 Å². The Morgan fingerprint density at radius 2 is 1.52 bits per heavy atom. The molecule has 1 heterocycles. The number of hydrogen-bond donors (Lipinski definition) is 0. The van der Waals surface area contributed by atoms with Crippen LogP contribution in [0, 0.1) is 13.8 Å². The third-order valence-electron chi connectivity index (χ3n) is 6.34. The van der Waals surface area contributed by atoms with Crippen LogP contribution in [0.3, 0.4) is 0 Å². The molecule has 0 spiro atoms. The van der Waals surface area contributed by atoms with Crippen LogP contribution < -0.4 is 5.43 Å². The van der Waals surface area contributed by atoms with E-state index in [1.807, 2.05) is 26.0 Å². The first-order valence-corrected chi connectivity index (χ1v) is 12.9. The van der Waals surface area contributed by atoms with Gasteiger partial charge in [-0.25, -0.2) is 4.98 Å². The van der Waals surface area contributed by atoms with Gasteiger partial charge in [-0.2, -0.15) is 0 Å². The second-order valence-electron chi connectivity index (χ2n) is 9.42. The van der Waals surface area contributed by atoms with Crippen LogP contribution in [0.1, 0.15) is 76.5 Å². The summed E-state index contributed by atoms with van der Waals surface area (Å²) in [5, 5.41) is 0. The van der Waals surface area contributed by atoms with Crippen molar-refractivity contribution in [3.05, 3.63) is 86.1 Å². The van der Waals surface area contributed by atoms with E-state index < -0.39 is 0 Å². The molecule has 0 N–H and O–H groups in total. The van der Waals surface area contributed by atoms with E-state index in [9.17, 15) is 4.79 Å². The molecule has 0 aromatic heterocycles. The molecular weight excluding hydrogens is 422 g/mol. The molecule has 0 unspecified atom stereocenters. The smallest absolute Gasteiger partial charge is 0.186 e. The van der Waals surface area contributed by atoms with E-state index >= 15 is 0 Å². The third kappa shape index (κ3) is 6.51. The molecule has 2 aliphatic rings. The van der Waals surface area contributed by atoms with Crippen LogP contribution in [0.2, 0.25) is 0 Å². The predicted molar refractivity (Wildman–Crippen MR) is 146 cm³/mol. The van der Waals surface area contributed by atoms with Gasteiger partial charge in [0.05, 0.1) is 20.8 Å². The van der Waals surface area contributed by atoms with Crippen molar-refractivity contribution < 1.29 is 0 Å². The molecule has 33 heavy (non-hydrogen) atoms. The fourth-order valence-corrected chi connectivity index (χ4v) is 5.33. The van der Waals surface area contributed by atoms with Gasteiger partial charge in [0.15, 0.2) is 5.43 Å². The van der Waals surface area contributed by atoms with E-state index in [4.69, 9.17) is 4.98 Å². The normalized spacial score (nSPS) is 12.5. The first-order chi connectivity index (χ1) is 15.8. The number of rotatable bonds is 9. The number of allylic oxidation sites excluding steroid dienone is 6. The molecule has 1 aromatic carbocycles. The van der Waals surface area contributed by atoms with Gasteiger partial charge in [0.1, 0.15) is 0 Å². The molecule has 0 bridgehead atoms. The van der Waals surface area contributed by atoms with Gasteiger partial charge in [-0.05, 0) is 97.8 Å². The first kappa shape index (κ1) is 25.1. The lowest BCUT2D eigenvalue weighted by Gasteiger charge is -2.15. The molecule has 0 amide bonds. The molecule has 174 valence electrons. The van der Waals surface area contributed by atoms with Crippen molar-refractivity contribution in [3.8, 4) is 10.6 Å². The van der Waals surface area contributed by atoms with Gasteiger partial charge >= 0.3 is 0 Å². The van der Waals surface area contributed by atoms with Gasteiger partial charge in [0.25, 0.3) is 0 Å². The Hall–Kier alpha value is -2.52. The van der Waals surface area contributed by atoms with Crippen LogP contribution in [-0.2, 0) is 6.42 Å². The van der Waals surface area contributed by atoms with Crippen LogP contribution in [0.15, 0.2) is 64.0 Å². The van der Waals surface area contributed by atoms with E-state index in [0.29, 0.717) is 0 Å². The summed E-state index contributed by atoms with van der Waals surface area (Å²) in [5.74, 6) is 0. The van der Waals surface area contributed by atoms with Gasteiger partial charge in [-0.15, -0.1) is 11.3 Å². The fraction of sp³-hybridized carbons (Fsp3) is 0.400. The highest BCUT2D eigenvalue weighted by molar-refractivity contribution is 7.21. The number of benzene rings is 2. The highest BCUT2D eigenvalue weighted by Gasteiger charge is 2.20. The van der Waals surface area contributed by atoms with Crippen molar-refractivity contribution in [1.82, 2.24) is 4.98 Å². The molecule has 1 aliphatic heterocycles. The van der Waals surface area contributed by atoms with Crippen molar-refractivity contribution in [3.63, 3.8) is 0 Å². The van der Waals surface area contributed by atoms with Gasteiger partial charge in [-0.3, -0.25) is 4.79 Å². The van der Waals surface area contributed by atoms with Crippen molar-refractivity contribution in [2.75, 3.05) is 0 Å². The highest BCUT2D eigenvalue weighted by Crippen LogP contribution is 2.35. The Morgan fingerprint density at radius 3 is 2.21 bits per heavy atom. The Kier molecular flexibility index (Phi) is 8.80. The van der Waals surface area contributed by atoms with Gasteiger partial charge in [-0.1, -0.05) is 47.1 Å². The number of aromatic nitrogens is 1. The Bertz CT molecular complexity index is 1240. The summed E-state index contributed by atoms with van der Waals surface area (Å²) in [6.07, 6.45) is 13.1. The average Bonchev–Trinajstić information content (AvgIpc) is 2.78. The van der Waals surface area contributed by atoms with Gasteiger partial charge in [0.2, 0.25) is 0 Å². The summed E-state index contributed by atoms with van der Waals surface area (Å²) < 4.78 is 1.13. The minimum absolute atomic E-state index is 0.189. The summed E-state index contributed by atoms with van der Waals surface area (Å²) in [7, 11) is 0. The topological polar surface area (TPSA) is 30.0 Å². The lowest BCUT2D eigenvalue weighted by molar-refractivity contribution is 0.901. The number of hydrogen-bond acceptors (Lipinski definition) is 3. The van der Waals surface area contributed by atoms with Gasteiger partial charge in [0, 0.05) is 11.1 Å². The summed E-state index contributed by atoms with van der Waals surface area (Å²) in [6, 6.07) is 8.20. The van der Waals surface area contributed by atoms with E-state index in [1.54, 1.807) is 11.3 Å². The number of fused-ring (bicyclic) bond motifs is 2. The zero-order chi connectivity index (χ0) is 24.0. The molecule has 3 heteroatoms. The molecule has 3 rings (SSSR count). The average molecular weight is 460 g/mol. The molecular formula is C30H37NOS. The predicted octanol–water partition coefficient (Wildman–Crippen LogP) is 8.73. The quantitative estimate of drug-likeness (QED) is 0.236. The lowest BCUT2D eigenvalue weighted by atomic mass is 9.96. The Balaban J connectivity index is 1.71. The van der Waals surface area contributed by atoms with E-state index in [1.165, 1.54) is 16.7 Å². The summed E-state index contributed by atoms with van der Waals surface area (Å²) in [4.78, 5) is 19.1. The molecule has 1 aromatic rings. The highest BCUT2D eigenvalue weighted by atomic mass is 32.1. The second-order valence-corrected chi connectivity index (χ2v) is 10.5. The van der Waals surface area contributed by atoms with Crippen LogP contribution in [-0.4, -0.2) is 4.98 Å². The monoisotopic (exact) mass is 459 g/mol. The largest absolute Gasteiger partial charge is 0.289 e. The maximum absolute atomic E-state index is 13.1. The number of nitrogens with zero attached hydrogens (tertiary/aromatic N) is 1. The van der Waals surface area contributed by atoms with Crippen molar-refractivity contribution >= 4 is 21.6 Å². The maximum Gasteiger partial charge on any atom is 0.186 e. The minimum atomic E-state index is 0.189. The summed E-state index contributed by atoms with van der Waals surface area (Å²) in [5.41, 5.74) is 9.22. The second kappa shape index (κ2) is 11.6. The van der Waals surface area contributed by atoms with Crippen molar-refractivity contribution in [1.29, 1.82) is 0 Å². The van der Waals surface area contributed by atoms with E-state index in [0.717, 1.165) is 76.0 Å². The first-order valence-electron chi connectivity index (χ1n) is 12.0. The molecule has 0 saturated heterocycles. The van der Waals surface area contributed by atoms with Crippen molar-refractivity contribution in [2.45, 2.75) is 80.1 Å². The SMILES string of the molecule is CC(C)=CCCC(C)=CCCC(C)=CCCc1c2sc3ccccc3nc-2c(C)c(C)c1=O. The van der Waals surface area contributed by atoms with Crippen LogP contribution in [0.4, 0.5) is 0 Å². The molecule has 0 radical (unpaired) electrons. The lowest BCUT2D eigenvalue weighted by Crippen LogP contribution is -2.17. The molecule has 0 atom stereocenters. The van der Waals surface area contributed by atoms with Crippen molar-refractivity contribution in [2.24, 2.45) is 0 Å². The molecule has 2 nitrogen and oxygen atoms in total. The molecule has 0 fully saturated rings. The fourth-order valence-electron chi connectivity index (χ4n) is 4.13. The van der Waals surface area contributed by atoms with Crippen LogP contribution in [0.5, 0.6) is 0 Å². The molecule has 0 saturated carbocycles. The Morgan fingerprint density at radius 1 is 0.879 bits per heavy atom. The molecule has 1 aliphatic carbocycles.